The van der Waals surface area contributed by atoms with Gasteiger partial charge >= 0.3 is 0 Å². The lowest BCUT2D eigenvalue weighted by molar-refractivity contribution is -0.130. The Morgan fingerprint density at radius 2 is 2.20 bits per heavy atom. The van der Waals surface area contributed by atoms with E-state index in [1.165, 1.54) is 0 Å². The lowest BCUT2D eigenvalue weighted by Crippen LogP contribution is -2.51. The van der Waals surface area contributed by atoms with Gasteiger partial charge in [0.05, 0.1) is 37.1 Å². The minimum atomic E-state index is 0.188. The number of thiophene rings is 1. The predicted octanol–water partition coefficient (Wildman–Crippen LogP) is 2.58. The first-order chi connectivity index (χ1) is 12.3. The zero-order valence-corrected chi connectivity index (χ0v) is 15.0. The molecule has 132 valence electrons. The zero-order chi connectivity index (χ0) is 17.1. The number of nitrogens with zero attached hydrogens (tertiary/aromatic N) is 3. The number of carbonyl (C=O) groups is 1. The summed E-state index contributed by atoms with van der Waals surface area (Å²) in [6.45, 7) is 3.20. The van der Waals surface area contributed by atoms with E-state index in [1.54, 1.807) is 17.5 Å². The van der Waals surface area contributed by atoms with Crippen molar-refractivity contribution in [3.63, 3.8) is 0 Å². The molecule has 1 amide bonds. The van der Waals surface area contributed by atoms with E-state index in [0.29, 0.717) is 12.5 Å². The van der Waals surface area contributed by atoms with Crippen molar-refractivity contribution in [2.45, 2.75) is 31.4 Å². The van der Waals surface area contributed by atoms with Gasteiger partial charge < -0.3 is 14.5 Å². The van der Waals surface area contributed by atoms with E-state index >= 15 is 0 Å². The molecule has 4 rings (SSSR count). The average Bonchev–Trinajstić information content (AvgIpc) is 3.05. The Kier molecular flexibility index (Phi) is 4.99. The maximum absolute atomic E-state index is 12.6. The Morgan fingerprint density at radius 1 is 1.28 bits per heavy atom. The number of pyridine rings is 1. The monoisotopic (exact) mass is 357 g/mol. The molecule has 5 nitrogen and oxygen atoms in total. The van der Waals surface area contributed by atoms with Gasteiger partial charge in [0.2, 0.25) is 5.91 Å². The Labute approximate surface area is 152 Å². The molecule has 2 aliphatic heterocycles. The first-order valence-corrected chi connectivity index (χ1v) is 9.82. The molecule has 4 heterocycles. The summed E-state index contributed by atoms with van der Waals surface area (Å²) in [5.41, 5.74) is 2.27. The molecular formula is C19H23N3O2S. The number of likely N-dealkylation sites (tertiary alicyclic amines) is 1. The van der Waals surface area contributed by atoms with Crippen LogP contribution in [0.25, 0.3) is 0 Å². The summed E-state index contributed by atoms with van der Waals surface area (Å²) in [4.78, 5) is 21.3. The van der Waals surface area contributed by atoms with Gasteiger partial charge in [-0.05, 0) is 47.4 Å². The van der Waals surface area contributed by atoms with E-state index in [1.807, 2.05) is 28.6 Å². The molecule has 0 radical (unpaired) electrons. The molecule has 2 atom stereocenters. The molecule has 0 aliphatic carbocycles. The summed E-state index contributed by atoms with van der Waals surface area (Å²) in [5, 5.41) is 4.09. The highest BCUT2D eigenvalue weighted by Gasteiger charge is 2.35. The largest absolute Gasteiger partial charge is 0.374 e. The van der Waals surface area contributed by atoms with Gasteiger partial charge in [-0.3, -0.25) is 9.78 Å². The van der Waals surface area contributed by atoms with Gasteiger partial charge in [0.1, 0.15) is 0 Å². The van der Waals surface area contributed by atoms with Gasteiger partial charge in [-0.25, -0.2) is 0 Å². The van der Waals surface area contributed by atoms with Crippen LogP contribution in [0.1, 0.15) is 18.4 Å². The molecule has 25 heavy (non-hydrogen) atoms. The predicted molar refractivity (Wildman–Crippen MR) is 98.9 cm³/mol. The van der Waals surface area contributed by atoms with E-state index in [-0.39, 0.29) is 12.0 Å². The second-order valence-corrected chi connectivity index (χ2v) is 7.43. The van der Waals surface area contributed by atoms with Crippen molar-refractivity contribution in [3.05, 3.63) is 46.9 Å². The van der Waals surface area contributed by atoms with Gasteiger partial charge in [0.25, 0.3) is 0 Å². The number of aromatic nitrogens is 1. The number of rotatable bonds is 3. The molecule has 0 spiro atoms. The highest BCUT2D eigenvalue weighted by molar-refractivity contribution is 7.08. The fraction of sp³-hybridized carbons (Fsp3) is 0.474. The quantitative estimate of drug-likeness (QED) is 0.847. The molecule has 0 saturated carbocycles. The van der Waals surface area contributed by atoms with Gasteiger partial charge in [-0.1, -0.05) is 0 Å². The van der Waals surface area contributed by atoms with E-state index in [9.17, 15) is 4.79 Å². The summed E-state index contributed by atoms with van der Waals surface area (Å²) in [5.74, 6) is 0.227. The van der Waals surface area contributed by atoms with E-state index in [2.05, 4.69) is 21.3 Å². The normalized spacial score (nSPS) is 23.8. The van der Waals surface area contributed by atoms with Gasteiger partial charge in [-0.2, -0.15) is 11.3 Å². The van der Waals surface area contributed by atoms with E-state index in [4.69, 9.17) is 4.74 Å². The van der Waals surface area contributed by atoms with Gasteiger partial charge in [-0.15, -0.1) is 0 Å². The summed E-state index contributed by atoms with van der Waals surface area (Å²) >= 11 is 1.64. The molecule has 2 aromatic rings. The number of fused-ring (bicyclic) bond motifs is 1. The summed E-state index contributed by atoms with van der Waals surface area (Å²) in [6, 6.07) is 6.44. The van der Waals surface area contributed by atoms with Crippen LogP contribution < -0.4 is 4.90 Å². The Morgan fingerprint density at radius 3 is 3.00 bits per heavy atom. The maximum atomic E-state index is 12.6. The Bertz CT molecular complexity index is 692. The third-order valence-electron chi connectivity index (χ3n) is 5.14. The topological polar surface area (TPSA) is 45.7 Å². The smallest absolute Gasteiger partial charge is 0.227 e. The third kappa shape index (κ3) is 3.70. The fourth-order valence-electron chi connectivity index (χ4n) is 3.85. The molecule has 0 bridgehead atoms. The maximum Gasteiger partial charge on any atom is 0.227 e. The lowest BCUT2D eigenvalue weighted by Gasteiger charge is -2.41. The van der Waals surface area contributed by atoms with Crippen molar-refractivity contribution in [1.29, 1.82) is 0 Å². The summed E-state index contributed by atoms with van der Waals surface area (Å²) in [7, 11) is 0. The SMILES string of the molecule is O=C(Cc1ccsc1)N1CC[C@H]2OCCN(c3cccnc3)[C@H]2CC1. The number of morpholine rings is 1. The number of amides is 1. The molecule has 0 unspecified atom stereocenters. The van der Waals surface area contributed by atoms with Gasteiger partial charge in [0.15, 0.2) is 0 Å². The van der Waals surface area contributed by atoms with E-state index < -0.39 is 0 Å². The van der Waals surface area contributed by atoms with Crippen molar-refractivity contribution < 1.29 is 9.53 Å². The second kappa shape index (κ2) is 7.54. The van der Waals surface area contributed by atoms with Crippen LogP contribution in [0.3, 0.4) is 0 Å². The van der Waals surface area contributed by atoms with E-state index in [0.717, 1.165) is 50.3 Å². The van der Waals surface area contributed by atoms with Crippen LogP contribution in [-0.4, -0.2) is 54.2 Å². The standard InChI is InChI=1S/C19H23N3O2S/c23-19(12-15-5-11-25-14-15)21-7-3-17-18(4-8-21)24-10-9-22(17)16-2-1-6-20-13-16/h1-2,5-6,11,13-14,17-18H,3-4,7-10,12H2/t17-,18+/m0/s1. The van der Waals surface area contributed by atoms with Crippen LogP contribution in [0.2, 0.25) is 0 Å². The summed E-state index contributed by atoms with van der Waals surface area (Å²) in [6.07, 6.45) is 6.26. The minimum Gasteiger partial charge on any atom is -0.374 e. The molecule has 6 heteroatoms. The molecule has 2 saturated heterocycles. The molecule has 0 aromatic carbocycles. The zero-order valence-electron chi connectivity index (χ0n) is 14.2. The minimum absolute atomic E-state index is 0.188. The van der Waals surface area contributed by atoms with Crippen molar-refractivity contribution >= 4 is 22.9 Å². The highest BCUT2D eigenvalue weighted by atomic mass is 32.1. The number of hydrogen-bond acceptors (Lipinski definition) is 5. The molecule has 0 N–H and O–H groups in total. The van der Waals surface area contributed by atoms with Crippen molar-refractivity contribution in [3.8, 4) is 0 Å². The average molecular weight is 357 g/mol. The molecular weight excluding hydrogens is 334 g/mol. The highest BCUT2D eigenvalue weighted by Crippen LogP contribution is 2.28. The Hall–Kier alpha value is -1.92. The number of ether oxygens (including phenoxy) is 1. The fourth-order valence-corrected chi connectivity index (χ4v) is 4.52. The number of anilines is 1. The number of carbonyl (C=O) groups excluding carboxylic acids is 1. The van der Waals surface area contributed by atoms with Gasteiger partial charge in [0, 0.05) is 25.8 Å². The van der Waals surface area contributed by atoms with Crippen LogP contribution >= 0.6 is 11.3 Å². The first-order valence-electron chi connectivity index (χ1n) is 8.88. The van der Waals surface area contributed by atoms with Crippen molar-refractivity contribution in [2.24, 2.45) is 0 Å². The third-order valence-corrected chi connectivity index (χ3v) is 5.87. The van der Waals surface area contributed by atoms with Crippen molar-refractivity contribution in [1.82, 2.24) is 9.88 Å². The molecule has 2 aliphatic rings. The second-order valence-electron chi connectivity index (χ2n) is 6.65. The molecule has 2 aromatic heterocycles. The van der Waals surface area contributed by atoms with Crippen LogP contribution in [0, 0.1) is 0 Å². The van der Waals surface area contributed by atoms with Crippen molar-refractivity contribution in [2.75, 3.05) is 31.1 Å². The van der Waals surface area contributed by atoms with Crippen LogP contribution in [-0.2, 0) is 16.0 Å². The van der Waals surface area contributed by atoms with Crippen LogP contribution in [0.15, 0.2) is 41.4 Å². The first kappa shape index (κ1) is 16.5. The summed E-state index contributed by atoms with van der Waals surface area (Å²) < 4.78 is 6.05. The lowest BCUT2D eigenvalue weighted by atomic mass is 10.0. The Balaban J connectivity index is 1.45. The van der Waals surface area contributed by atoms with Crippen LogP contribution in [0.4, 0.5) is 5.69 Å². The number of hydrogen-bond donors (Lipinski definition) is 0. The van der Waals surface area contributed by atoms with Crippen LogP contribution in [0.5, 0.6) is 0 Å². The molecule has 2 fully saturated rings.